The van der Waals surface area contributed by atoms with Crippen LogP contribution in [0.2, 0.25) is 0 Å². The smallest absolute Gasteiger partial charge is 0.387 e. The molecule has 31 heavy (non-hydrogen) atoms. The van der Waals surface area contributed by atoms with Crippen LogP contribution in [0, 0.1) is 0 Å². The summed E-state index contributed by atoms with van der Waals surface area (Å²) >= 11 is 0. The first-order chi connectivity index (χ1) is 15.0. The van der Waals surface area contributed by atoms with Crippen LogP contribution < -0.4 is 24.8 Å². The number of ether oxygens (including phenoxy) is 3. The number of alkyl halides is 2. The van der Waals surface area contributed by atoms with E-state index >= 15 is 0 Å². The first-order valence-corrected chi connectivity index (χ1v) is 10.0. The van der Waals surface area contributed by atoms with Gasteiger partial charge >= 0.3 is 6.61 Å². The number of aliphatic hydroxyl groups is 1. The van der Waals surface area contributed by atoms with Crippen molar-refractivity contribution in [1.29, 1.82) is 0 Å². The van der Waals surface area contributed by atoms with E-state index in [-0.39, 0.29) is 12.3 Å². The van der Waals surface area contributed by atoms with E-state index in [1.807, 2.05) is 32.0 Å². The Morgan fingerprint density at radius 1 is 1.06 bits per heavy atom. The molecule has 1 unspecified atom stereocenters. The fourth-order valence-corrected chi connectivity index (χ4v) is 2.78. The molecule has 2 aromatic rings. The Morgan fingerprint density at radius 3 is 2.42 bits per heavy atom. The SMILES string of the molecule is CCNC(=NCc1ccc(OCC)c(OC)c1)NCC(O)c1ccc(OC(F)F)cc1. The molecule has 0 aliphatic rings. The zero-order chi connectivity index (χ0) is 22.6. The van der Waals surface area contributed by atoms with Crippen molar-refractivity contribution < 1.29 is 28.1 Å². The molecule has 0 aromatic heterocycles. The number of benzene rings is 2. The fraction of sp³-hybridized carbons (Fsp3) is 0.409. The normalized spacial score (nSPS) is 12.4. The van der Waals surface area contributed by atoms with Gasteiger partial charge in [-0.1, -0.05) is 18.2 Å². The molecule has 0 heterocycles. The second-order valence-corrected chi connectivity index (χ2v) is 6.46. The Balaban J connectivity index is 1.98. The third-order valence-corrected chi connectivity index (χ3v) is 4.24. The molecule has 9 heteroatoms. The molecule has 2 rings (SSSR count). The second kappa shape index (κ2) is 12.6. The minimum absolute atomic E-state index is 0.0413. The summed E-state index contributed by atoms with van der Waals surface area (Å²) in [5, 5.41) is 16.6. The number of halogens is 2. The van der Waals surface area contributed by atoms with Crippen molar-refractivity contribution in [3.8, 4) is 17.2 Å². The van der Waals surface area contributed by atoms with Gasteiger partial charge in [0.25, 0.3) is 0 Å². The Kier molecular flexibility index (Phi) is 9.83. The highest BCUT2D eigenvalue weighted by molar-refractivity contribution is 5.79. The van der Waals surface area contributed by atoms with Crippen LogP contribution in [0.15, 0.2) is 47.5 Å². The minimum Gasteiger partial charge on any atom is -0.493 e. The first-order valence-electron chi connectivity index (χ1n) is 10.0. The number of methoxy groups -OCH3 is 1. The Bertz CT molecular complexity index is 832. The lowest BCUT2D eigenvalue weighted by molar-refractivity contribution is -0.0498. The van der Waals surface area contributed by atoms with Crippen LogP contribution in [0.1, 0.15) is 31.1 Å². The van der Waals surface area contributed by atoms with E-state index in [4.69, 9.17) is 9.47 Å². The molecule has 0 spiro atoms. The van der Waals surface area contributed by atoms with Crippen LogP contribution in [0.5, 0.6) is 17.2 Å². The lowest BCUT2D eigenvalue weighted by Gasteiger charge is -2.16. The topological polar surface area (TPSA) is 84.3 Å². The molecular formula is C22H29F2N3O4. The van der Waals surface area contributed by atoms with Crippen LogP contribution >= 0.6 is 0 Å². The summed E-state index contributed by atoms with van der Waals surface area (Å²) in [7, 11) is 1.59. The molecule has 3 N–H and O–H groups in total. The van der Waals surface area contributed by atoms with E-state index in [2.05, 4.69) is 20.4 Å². The van der Waals surface area contributed by atoms with E-state index < -0.39 is 12.7 Å². The second-order valence-electron chi connectivity index (χ2n) is 6.46. The lowest BCUT2D eigenvalue weighted by atomic mass is 10.1. The maximum Gasteiger partial charge on any atom is 0.387 e. The van der Waals surface area contributed by atoms with Gasteiger partial charge in [0.05, 0.1) is 26.4 Å². The molecule has 0 bridgehead atoms. The molecular weight excluding hydrogens is 408 g/mol. The van der Waals surface area contributed by atoms with Crippen LogP contribution in [-0.4, -0.2) is 44.5 Å². The number of hydrogen-bond donors (Lipinski definition) is 3. The summed E-state index contributed by atoms with van der Waals surface area (Å²) in [6.07, 6.45) is -0.852. The zero-order valence-electron chi connectivity index (χ0n) is 17.9. The quantitative estimate of drug-likeness (QED) is 0.369. The molecule has 1 atom stereocenters. The molecule has 0 saturated carbocycles. The van der Waals surface area contributed by atoms with Crippen molar-refractivity contribution >= 4 is 5.96 Å². The predicted octanol–water partition coefficient (Wildman–Crippen LogP) is 3.48. The van der Waals surface area contributed by atoms with Crippen molar-refractivity contribution in [2.45, 2.75) is 33.1 Å². The Morgan fingerprint density at radius 2 is 1.81 bits per heavy atom. The van der Waals surface area contributed by atoms with Gasteiger partial charge in [0.15, 0.2) is 17.5 Å². The van der Waals surface area contributed by atoms with Crippen molar-refractivity contribution in [1.82, 2.24) is 10.6 Å². The average Bonchev–Trinajstić information content (AvgIpc) is 2.76. The van der Waals surface area contributed by atoms with Gasteiger partial charge in [-0.2, -0.15) is 8.78 Å². The third kappa shape index (κ3) is 7.93. The van der Waals surface area contributed by atoms with Gasteiger partial charge in [0.2, 0.25) is 0 Å². The van der Waals surface area contributed by atoms with E-state index in [0.717, 1.165) is 5.56 Å². The van der Waals surface area contributed by atoms with E-state index in [9.17, 15) is 13.9 Å². The largest absolute Gasteiger partial charge is 0.493 e. The Hall–Kier alpha value is -3.07. The summed E-state index contributed by atoms with van der Waals surface area (Å²) < 4.78 is 39.7. The Labute approximate surface area is 181 Å². The molecule has 0 amide bonds. The number of rotatable bonds is 11. The standard InChI is InChI=1S/C22H29F2N3O4/c1-4-25-22(26-13-15-6-11-19(30-5-2)20(12-15)29-3)27-14-18(28)16-7-9-17(10-8-16)31-21(23)24/h6-12,18,21,28H,4-5,13-14H2,1-3H3,(H2,25,26,27). The summed E-state index contributed by atoms with van der Waals surface area (Å²) in [4.78, 5) is 4.53. The molecule has 0 radical (unpaired) electrons. The molecule has 0 fully saturated rings. The highest BCUT2D eigenvalue weighted by Gasteiger charge is 2.11. The van der Waals surface area contributed by atoms with Crippen molar-refractivity contribution in [3.05, 3.63) is 53.6 Å². The lowest BCUT2D eigenvalue weighted by Crippen LogP contribution is -2.39. The van der Waals surface area contributed by atoms with Gasteiger partial charge in [-0.25, -0.2) is 4.99 Å². The van der Waals surface area contributed by atoms with Gasteiger partial charge in [-0.05, 0) is 49.2 Å². The first kappa shape index (κ1) is 24.2. The summed E-state index contributed by atoms with van der Waals surface area (Å²) in [5.41, 5.74) is 1.51. The number of aliphatic imine (C=N–C) groups is 1. The van der Waals surface area contributed by atoms with Crippen LogP contribution in [-0.2, 0) is 6.54 Å². The maximum atomic E-state index is 12.2. The molecule has 2 aromatic carbocycles. The highest BCUT2D eigenvalue weighted by atomic mass is 19.3. The molecule has 0 saturated heterocycles. The van der Waals surface area contributed by atoms with Gasteiger partial charge in [-0.15, -0.1) is 0 Å². The molecule has 0 aliphatic heterocycles. The fourth-order valence-electron chi connectivity index (χ4n) is 2.78. The highest BCUT2D eigenvalue weighted by Crippen LogP contribution is 2.28. The number of nitrogens with one attached hydrogen (secondary N) is 2. The average molecular weight is 437 g/mol. The number of hydrogen-bond acceptors (Lipinski definition) is 5. The van der Waals surface area contributed by atoms with E-state index in [1.165, 1.54) is 12.1 Å². The maximum absolute atomic E-state index is 12.2. The third-order valence-electron chi connectivity index (χ3n) is 4.24. The zero-order valence-corrected chi connectivity index (χ0v) is 17.9. The van der Waals surface area contributed by atoms with Gasteiger partial charge in [0.1, 0.15) is 5.75 Å². The van der Waals surface area contributed by atoms with Gasteiger partial charge in [-0.3, -0.25) is 0 Å². The monoisotopic (exact) mass is 437 g/mol. The van der Waals surface area contributed by atoms with E-state index in [0.29, 0.717) is 42.7 Å². The van der Waals surface area contributed by atoms with Gasteiger partial charge < -0.3 is 30.0 Å². The number of guanidine groups is 1. The number of aliphatic hydroxyl groups excluding tert-OH is 1. The van der Waals surface area contributed by atoms with Crippen LogP contribution in [0.3, 0.4) is 0 Å². The minimum atomic E-state index is -2.88. The van der Waals surface area contributed by atoms with Crippen LogP contribution in [0.25, 0.3) is 0 Å². The summed E-state index contributed by atoms with van der Waals surface area (Å²) in [5.74, 6) is 1.89. The predicted molar refractivity (Wildman–Crippen MR) is 115 cm³/mol. The summed E-state index contributed by atoms with van der Waals surface area (Å²) in [6, 6.07) is 11.5. The van der Waals surface area contributed by atoms with Crippen molar-refractivity contribution in [2.75, 3.05) is 26.8 Å². The van der Waals surface area contributed by atoms with Gasteiger partial charge in [0, 0.05) is 13.1 Å². The summed E-state index contributed by atoms with van der Waals surface area (Å²) in [6.45, 7) is 2.75. The van der Waals surface area contributed by atoms with Crippen LogP contribution in [0.4, 0.5) is 8.78 Å². The van der Waals surface area contributed by atoms with Crippen molar-refractivity contribution in [3.63, 3.8) is 0 Å². The molecule has 0 aliphatic carbocycles. The molecule has 170 valence electrons. The number of nitrogens with zero attached hydrogens (tertiary/aromatic N) is 1. The molecule has 7 nitrogen and oxygen atoms in total. The van der Waals surface area contributed by atoms with Crippen molar-refractivity contribution in [2.24, 2.45) is 4.99 Å². The van der Waals surface area contributed by atoms with E-state index in [1.54, 1.807) is 19.2 Å².